The molecule has 1 aliphatic carbocycles. The van der Waals surface area contributed by atoms with E-state index in [1.54, 1.807) is 18.2 Å². The Balaban J connectivity index is 1.95. The van der Waals surface area contributed by atoms with Gasteiger partial charge < -0.3 is 5.32 Å². The van der Waals surface area contributed by atoms with Crippen molar-refractivity contribution in [3.63, 3.8) is 0 Å². The van der Waals surface area contributed by atoms with Crippen molar-refractivity contribution in [1.29, 1.82) is 0 Å². The van der Waals surface area contributed by atoms with Crippen molar-refractivity contribution >= 4 is 34.8 Å². The Hall–Kier alpha value is -0.730. The van der Waals surface area contributed by atoms with Gasteiger partial charge in [-0.15, -0.1) is 0 Å². The summed E-state index contributed by atoms with van der Waals surface area (Å²) in [6.45, 7) is 0. The summed E-state index contributed by atoms with van der Waals surface area (Å²) in [7, 11) is 0. The molecule has 1 amide bonds. The fourth-order valence-electron chi connectivity index (χ4n) is 2.27. The minimum Gasteiger partial charge on any atom is -0.325 e. The van der Waals surface area contributed by atoms with E-state index in [1.165, 1.54) is 12.8 Å². The molecule has 0 atom stereocenters. The van der Waals surface area contributed by atoms with Crippen LogP contribution in [0, 0.1) is 5.92 Å². The Morgan fingerprint density at radius 3 is 2.71 bits per heavy atom. The van der Waals surface area contributed by atoms with Crippen LogP contribution in [0.4, 0.5) is 5.69 Å². The zero-order chi connectivity index (χ0) is 12.3. The summed E-state index contributed by atoms with van der Waals surface area (Å²) in [5.74, 6) is 0.564. The number of benzene rings is 1. The molecule has 1 aromatic carbocycles. The van der Waals surface area contributed by atoms with E-state index in [2.05, 4.69) is 5.32 Å². The molecule has 0 heterocycles. The van der Waals surface area contributed by atoms with Gasteiger partial charge in [0.25, 0.3) is 0 Å². The molecule has 1 fully saturated rings. The maximum absolute atomic E-state index is 11.8. The number of hydrogen-bond acceptors (Lipinski definition) is 1. The molecule has 2 rings (SSSR count). The Morgan fingerprint density at radius 1 is 1.29 bits per heavy atom. The molecule has 1 aromatic rings. The summed E-state index contributed by atoms with van der Waals surface area (Å²) in [5.41, 5.74) is 0.599. The number of hydrogen-bond donors (Lipinski definition) is 1. The number of rotatable bonds is 3. The van der Waals surface area contributed by atoms with Gasteiger partial charge in [-0.05, 0) is 37.0 Å². The number of nitrogens with one attached hydrogen (secondary N) is 1. The highest BCUT2D eigenvalue weighted by molar-refractivity contribution is 6.35. The van der Waals surface area contributed by atoms with Crippen LogP contribution in [-0.4, -0.2) is 5.91 Å². The van der Waals surface area contributed by atoms with Gasteiger partial charge in [0.2, 0.25) is 5.91 Å². The second kappa shape index (κ2) is 5.74. The molecule has 1 aliphatic rings. The molecule has 0 radical (unpaired) electrons. The van der Waals surface area contributed by atoms with Gasteiger partial charge in [-0.3, -0.25) is 4.79 Å². The van der Waals surface area contributed by atoms with Crippen molar-refractivity contribution in [3.05, 3.63) is 28.2 Å². The van der Waals surface area contributed by atoms with E-state index in [4.69, 9.17) is 23.2 Å². The summed E-state index contributed by atoms with van der Waals surface area (Å²) >= 11 is 11.8. The normalized spacial score (nSPS) is 16.1. The van der Waals surface area contributed by atoms with Crippen LogP contribution in [0.3, 0.4) is 0 Å². The summed E-state index contributed by atoms with van der Waals surface area (Å²) < 4.78 is 0. The number of amides is 1. The molecule has 0 bridgehead atoms. The van der Waals surface area contributed by atoms with Crippen molar-refractivity contribution in [1.82, 2.24) is 0 Å². The SMILES string of the molecule is O=C(CC1CCCC1)Nc1cc(Cl)ccc1Cl. The summed E-state index contributed by atoms with van der Waals surface area (Å²) in [6, 6.07) is 5.07. The smallest absolute Gasteiger partial charge is 0.224 e. The zero-order valence-electron chi connectivity index (χ0n) is 9.51. The summed E-state index contributed by atoms with van der Waals surface area (Å²) in [6.07, 6.45) is 5.40. The number of anilines is 1. The Bertz CT molecular complexity index is 414. The summed E-state index contributed by atoms with van der Waals surface area (Å²) in [4.78, 5) is 11.8. The van der Waals surface area contributed by atoms with Crippen molar-refractivity contribution in [2.75, 3.05) is 5.32 Å². The molecule has 92 valence electrons. The molecule has 0 aromatic heterocycles. The minimum absolute atomic E-state index is 0.0288. The predicted octanol–water partition coefficient (Wildman–Crippen LogP) is 4.51. The molecule has 2 nitrogen and oxygen atoms in total. The van der Waals surface area contributed by atoms with Crippen LogP contribution in [0.25, 0.3) is 0 Å². The Morgan fingerprint density at radius 2 is 2.00 bits per heavy atom. The molecule has 4 heteroatoms. The van der Waals surface area contributed by atoms with Crippen LogP contribution >= 0.6 is 23.2 Å². The van der Waals surface area contributed by atoms with Crippen LogP contribution in [0.1, 0.15) is 32.1 Å². The van der Waals surface area contributed by atoms with Crippen LogP contribution in [0.5, 0.6) is 0 Å². The molecule has 1 N–H and O–H groups in total. The first kappa shape index (κ1) is 12.7. The average Bonchev–Trinajstić information content (AvgIpc) is 2.76. The fraction of sp³-hybridized carbons (Fsp3) is 0.462. The lowest BCUT2D eigenvalue weighted by Crippen LogP contribution is -2.15. The van der Waals surface area contributed by atoms with Gasteiger partial charge in [-0.25, -0.2) is 0 Å². The maximum Gasteiger partial charge on any atom is 0.224 e. The fourth-order valence-corrected chi connectivity index (χ4v) is 2.61. The molecule has 0 unspecified atom stereocenters. The lowest BCUT2D eigenvalue weighted by molar-refractivity contribution is -0.117. The average molecular weight is 272 g/mol. The number of carbonyl (C=O) groups is 1. The lowest BCUT2D eigenvalue weighted by Gasteiger charge is -2.10. The molecule has 0 aliphatic heterocycles. The zero-order valence-corrected chi connectivity index (χ0v) is 11.0. The van der Waals surface area contributed by atoms with E-state index in [0.29, 0.717) is 28.1 Å². The highest BCUT2D eigenvalue weighted by Gasteiger charge is 2.18. The largest absolute Gasteiger partial charge is 0.325 e. The van der Waals surface area contributed by atoms with Gasteiger partial charge in [0.1, 0.15) is 0 Å². The lowest BCUT2D eigenvalue weighted by atomic mass is 10.0. The number of carbonyl (C=O) groups excluding carboxylic acids is 1. The summed E-state index contributed by atoms with van der Waals surface area (Å²) in [5, 5.41) is 3.92. The molecular weight excluding hydrogens is 257 g/mol. The molecule has 0 spiro atoms. The van der Waals surface area contributed by atoms with E-state index in [0.717, 1.165) is 12.8 Å². The molecule has 0 saturated heterocycles. The third-order valence-corrected chi connectivity index (χ3v) is 3.72. The third-order valence-electron chi connectivity index (χ3n) is 3.15. The highest BCUT2D eigenvalue weighted by atomic mass is 35.5. The monoisotopic (exact) mass is 271 g/mol. The minimum atomic E-state index is 0.0288. The van der Waals surface area contributed by atoms with E-state index in [9.17, 15) is 4.79 Å². The Labute approximate surface area is 111 Å². The van der Waals surface area contributed by atoms with Crippen molar-refractivity contribution in [2.45, 2.75) is 32.1 Å². The van der Waals surface area contributed by atoms with Gasteiger partial charge in [-0.1, -0.05) is 36.0 Å². The van der Waals surface area contributed by atoms with E-state index < -0.39 is 0 Å². The standard InChI is InChI=1S/C13H15Cl2NO/c14-10-5-6-11(15)12(8-10)16-13(17)7-9-3-1-2-4-9/h5-6,8-9H,1-4,7H2,(H,16,17). The topological polar surface area (TPSA) is 29.1 Å². The van der Waals surface area contributed by atoms with E-state index in [-0.39, 0.29) is 5.91 Å². The van der Waals surface area contributed by atoms with Crippen molar-refractivity contribution in [3.8, 4) is 0 Å². The highest BCUT2D eigenvalue weighted by Crippen LogP contribution is 2.29. The van der Waals surface area contributed by atoms with Crippen molar-refractivity contribution < 1.29 is 4.79 Å². The number of halogens is 2. The second-order valence-corrected chi connectivity index (χ2v) is 5.37. The first-order chi connectivity index (χ1) is 8.15. The van der Waals surface area contributed by atoms with Crippen LogP contribution in [0.15, 0.2) is 18.2 Å². The van der Waals surface area contributed by atoms with E-state index in [1.807, 2.05) is 0 Å². The first-order valence-corrected chi connectivity index (χ1v) is 6.65. The quantitative estimate of drug-likeness (QED) is 0.861. The van der Waals surface area contributed by atoms with Gasteiger partial charge in [-0.2, -0.15) is 0 Å². The van der Waals surface area contributed by atoms with Gasteiger partial charge in [0.15, 0.2) is 0 Å². The Kier molecular flexibility index (Phi) is 4.30. The van der Waals surface area contributed by atoms with Gasteiger partial charge >= 0.3 is 0 Å². The van der Waals surface area contributed by atoms with Crippen LogP contribution < -0.4 is 5.32 Å². The van der Waals surface area contributed by atoms with E-state index >= 15 is 0 Å². The van der Waals surface area contributed by atoms with Crippen LogP contribution in [-0.2, 0) is 4.79 Å². The molecule has 17 heavy (non-hydrogen) atoms. The third kappa shape index (κ3) is 3.62. The van der Waals surface area contributed by atoms with Crippen LogP contribution in [0.2, 0.25) is 10.0 Å². The van der Waals surface area contributed by atoms with Crippen molar-refractivity contribution in [2.24, 2.45) is 5.92 Å². The van der Waals surface area contributed by atoms with Gasteiger partial charge in [0, 0.05) is 11.4 Å². The predicted molar refractivity (Wildman–Crippen MR) is 71.7 cm³/mol. The first-order valence-electron chi connectivity index (χ1n) is 5.90. The molecule has 1 saturated carbocycles. The maximum atomic E-state index is 11.8. The second-order valence-electron chi connectivity index (χ2n) is 4.53. The van der Waals surface area contributed by atoms with Gasteiger partial charge in [0.05, 0.1) is 10.7 Å². The molecular formula is C13H15Cl2NO.